The molecule has 1 atom stereocenters. The van der Waals surface area contributed by atoms with Gasteiger partial charge in [0, 0.05) is 48.6 Å². The molecule has 1 amide bonds. The normalized spacial score (nSPS) is 19.8. The maximum absolute atomic E-state index is 12.5. The predicted molar refractivity (Wildman–Crippen MR) is 113 cm³/mol. The maximum atomic E-state index is 12.5. The molecule has 0 radical (unpaired) electrons. The summed E-state index contributed by atoms with van der Waals surface area (Å²) >= 11 is 0. The van der Waals surface area contributed by atoms with Crippen molar-refractivity contribution < 1.29 is 9.90 Å². The molecule has 0 aromatic carbocycles. The molecule has 3 heterocycles. The Hall–Kier alpha value is -2.21. The number of anilines is 1. The molecule has 0 spiro atoms. The Morgan fingerprint density at radius 2 is 1.86 bits per heavy atom. The first-order valence-corrected chi connectivity index (χ1v) is 10.5. The second-order valence-corrected chi connectivity index (χ2v) is 8.19. The molecule has 1 unspecified atom stereocenters. The number of carbonyl (C=O) groups excluding carboxylic acids is 1. The minimum absolute atomic E-state index is 0.0169. The summed E-state index contributed by atoms with van der Waals surface area (Å²) in [4.78, 5) is 23.8. The van der Waals surface area contributed by atoms with Gasteiger partial charge in [-0.05, 0) is 46.1 Å². The largest absolute Gasteiger partial charge is 0.394 e. The van der Waals surface area contributed by atoms with Crippen LogP contribution in [-0.2, 0) is 0 Å². The van der Waals surface area contributed by atoms with Crippen LogP contribution in [-0.4, -0.2) is 45.7 Å². The fraction of sp³-hybridized carbons (Fsp3) is 0.591. The minimum atomic E-state index is -0.167. The lowest BCUT2D eigenvalue weighted by atomic mass is 9.95. The van der Waals surface area contributed by atoms with Gasteiger partial charge in [-0.1, -0.05) is 19.3 Å². The summed E-state index contributed by atoms with van der Waals surface area (Å²) in [6.45, 7) is 6.71. The number of hydrogen-bond donors (Lipinski definition) is 2. The fourth-order valence-electron chi connectivity index (χ4n) is 3.67. The molecule has 6 nitrogen and oxygen atoms in total. The Balaban J connectivity index is 0.000000516. The van der Waals surface area contributed by atoms with Crippen molar-refractivity contribution in [2.45, 2.75) is 77.5 Å². The highest BCUT2D eigenvalue weighted by atomic mass is 16.3. The first-order valence-electron chi connectivity index (χ1n) is 10.5. The smallest absolute Gasteiger partial charge is 0.253 e. The molecule has 2 aliphatic rings. The van der Waals surface area contributed by atoms with Crippen molar-refractivity contribution in [1.29, 1.82) is 0 Å². The number of carbonyl (C=O) groups is 1. The minimum Gasteiger partial charge on any atom is -0.394 e. The number of nitrogens with zero attached hydrogens (tertiary/aromatic N) is 3. The van der Waals surface area contributed by atoms with Crippen LogP contribution in [0, 0.1) is 0 Å². The molecular formula is C22H32N4O2. The molecule has 1 aliphatic carbocycles. The second kappa shape index (κ2) is 9.32. The highest BCUT2D eigenvalue weighted by Gasteiger charge is 2.25. The number of fused-ring (bicyclic) bond motifs is 1. The van der Waals surface area contributed by atoms with Gasteiger partial charge in [0.2, 0.25) is 0 Å². The predicted octanol–water partition coefficient (Wildman–Crippen LogP) is 3.68. The van der Waals surface area contributed by atoms with Crippen LogP contribution in [0.4, 0.5) is 5.82 Å². The Kier molecular flexibility index (Phi) is 6.83. The summed E-state index contributed by atoms with van der Waals surface area (Å²) in [7, 11) is 0. The average molecular weight is 385 g/mol. The van der Waals surface area contributed by atoms with Crippen molar-refractivity contribution in [3.63, 3.8) is 0 Å². The fourth-order valence-corrected chi connectivity index (χ4v) is 3.67. The lowest BCUT2D eigenvalue weighted by molar-refractivity contribution is 0.0927. The highest BCUT2D eigenvalue weighted by molar-refractivity contribution is 5.97. The van der Waals surface area contributed by atoms with Gasteiger partial charge in [-0.2, -0.15) is 0 Å². The van der Waals surface area contributed by atoms with Crippen LogP contribution in [0.3, 0.4) is 0 Å². The first-order chi connectivity index (χ1) is 13.4. The van der Waals surface area contributed by atoms with Crippen LogP contribution in [0.5, 0.6) is 0 Å². The molecule has 6 heteroatoms. The van der Waals surface area contributed by atoms with Gasteiger partial charge in [0.05, 0.1) is 11.1 Å². The average Bonchev–Trinajstić information content (AvgIpc) is 2.66. The molecule has 2 aromatic heterocycles. The van der Waals surface area contributed by atoms with Crippen LogP contribution in [0.2, 0.25) is 0 Å². The van der Waals surface area contributed by atoms with E-state index in [1.807, 2.05) is 18.3 Å². The molecule has 28 heavy (non-hydrogen) atoms. The van der Waals surface area contributed by atoms with Gasteiger partial charge < -0.3 is 15.3 Å². The van der Waals surface area contributed by atoms with E-state index in [1.54, 1.807) is 20.0 Å². The third kappa shape index (κ3) is 5.19. The SMILES string of the molecule is CC(C)O.CC1CCN1c1cc2ncc(C(=O)NC3CCCCC3)cc2cn1. The monoisotopic (exact) mass is 384 g/mol. The van der Waals surface area contributed by atoms with Gasteiger partial charge in [-0.3, -0.25) is 9.78 Å². The van der Waals surface area contributed by atoms with Gasteiger partial charge in [-0.15, -0.1) is 0 Å². The van der Waals surface area contributed by atoms with Crippen LogP contribution in [0.15, 0.2) is 24.5 Å². The lowest BCUT2D eigenvalue weighted by Gasteiger charge is -2.39. The maximum Gasteiger partial charge on any atom is 0.253 e. The highest BCUT2D eigenvalue weighted by Crippen LogP contribution is 2.26. The molecule has 4 rings (SSSR count). The van der Waals surface area contributed by atoms with Gasteiger partial charge in [0.15, 0.2) is 0 Å². The summed E-state index contributed by atoms with van der Waals surface area (Å²) in [5, 5.41) is 12.1. The number of rotatable bonds is 3. The van der Waals surface area contributed by atoms with Crippen molar-refractivity contribution in [1.82, 2.24) is 15.3 Å². The molecule has 2 fully saturated rings. The van der Waals surface area contributed by atoms with Crippen LogP contribution in [0.25, 0.3) is 10.9 Å². The number of pyridine rings is 2. The van der Waals surface area contributed by atoms with E-state index < -0.39 is 0 Å². The van der Waals surface area contributed by atoms with Gasteiger partial charge >= 0.3 is 0 Å². The summed E-state index contributed by atoms with van der Waals surface area (Å²) in [6.07, 6.45) is 10.5. The molecule has 1 saturated heterocycles. The topological polar surface area (TPSA) is 78.3 Å². The van der Waals surface area contributed by atoms with Gasteiger partial charge in [0.25, 0.3) is 5.91 Å². The summed E-state index contributed by atoms with van der Waals surface area (Å²) in [6, 6.07) is 4.79. The Labute approximate surface area is 167 Å². The van der Waals surface area contributed by atoms with E-state index in [9.17, 15) is 4.79 Å². The Morgan fingerprint density at radius 1 is 1.14 bits per heavy atom. The van der Waals surface area contributed by atoms with E-state index in [1.165, 1.54) is 25.7 Å². The zero-order valence-corrected chi connectivity index (χ0v) is 17.2. The van der Waals surface area contributed by atoms with Crippen LogP contribution < -0.4 is 10.2 Å². The molecule has 0 bridgehead atoms. The number of hydrogen-bond acceptors (Lipinski definition) is 5. The standard InChI is InChI=1S/C19H24N4O.C3H8O/c1-13-7-8-23(13)18-10-17-14(11-21-18)9-15(12-20-17)19(24)22-16-5-3-2-4-6-16;1-3(2)4/h9-13,16H,2-8H2,1H3,(H,22,24);3-4H,1-2H3. The number of aliphatic hydroxyl groups excluding tert-OH is 1. The quantitative estimate of drug-likeness (QED) is 0.844. The lowest BCUT2D eigenvalue weighted by Crippen LogP contribution is -2.46. The second-order valence-electron chi connectivity index (χ2n) is 8.19. The molecular weight excluding hydrogens is 352 g/mol. The summed E-state index contributed by atoms with van der Waals surface area (Å²) in [5.41, 5.74) is 1.52. The van der Waals surface area contributed by atoms with E-state index in [-0.39, 0.29) is 12.0 Å². The van der Waals surface area contributed by atoms with E-state index in [2.05, 4.69) is 27.1 Å². The van der Waals surface area contributed by atoms with Crippen molar-refractivity contribution >= 4 is 22.6 Å². The van der Waals surface area contributed by atoms with Crippen LogP contribution >= 0.6 is 0 Å². The molecule has 2 N–H and O–H groups in total. The third-order valence-electron chi connectivity index (χ3n) is 5.37. The molecule has 1 saturated carbocycles. The van der Waals surface area contributed by atoms with Crippen molar-refractivity contribution in [3.8, 4) is 0 Å². The Bertz CT molecular complexity index is 799. The number of aromatic nitrogens is 2. The third-order valence-corrected chi connectivity index (χ3v) is 5.37. The first kappa shape index (κ1) is 20.5. The van der Waals surface area contributed by atoms with Gasteiger partial charge in [0.1, 0.15) is 5.82 Å². The molecule has 1 aliphatic heterocycles. The van der Waals surface area contributed by atoms with E-state index >= 15 is 0 Å². The van der Waals surface area contributed by atoms with Crippen molar-refractivity contribution in [2.75, 3.05) is 11.4 Å². The van der Waals surface area contributed by atoms with E-state index in [4.69, 9.17) is 5.11 Å². The summed E-state index contributed by atoms with van der Waals surface area (Å²) < 4.78 is 0. The molecule has 152 valence electrons. The zero-order chi connectivity index (χ0) is 20.1. The van der Waals surface area contributed by atoms with E-state index in [0.717, 1.165) is 36.1 Å². The van der Waals surface area contributed by atoms with E-state index in [0.29, 0.717) is 17.6 Å². The van der Waals surface area contributed by atoms with Crippen molar-refractivity contribution in [2.24, 2.45) is 0 Å². The van der Waals surface area contributed by atoms with Crippen molar-refractivity contribution in [3.05, 3.63) is 30.1 Å². The number of amides is 1. The number of aliphatic hydroxyl groups is 1. The van der Waals surface area contributed by atoms with Crippen LogP contribution in [0.1, 0.15) is 69.7 Å². The number of nitrogens with one attached hydrogen (secondary N) is 1. The van der Waals surface area contributed by atoms with Gasteiger partial charge in [-0.25, -0.2) is 4.98 Å². The zero-order valence-electron chi connectivity index (χ0n) is 17.2. The Morgan fingerprint density at radius 3 is 2.46 bits per heavy atom. The molecule has 2 aromatic rings. The summed E-state index contributed by atoms with van der Waals surface area (Å²) in [5.74, 6) is 0.963.